The minimum absolute atomic E-state index is 0.0127. The van der Waals surface area contributed by atoms with Crippen LogP contribution < -0.4 is 10.9 Å². The van der Waals surface area contributed by atoms with Crippen LogP contribution in [0.3, 0.4) is 0 Å². The van der Waals surface area contributed by atoms with Crippen molar-refractivity contribution < 1.29 is 4.79 Å². The van der Waals surface area contributed by atoms with E-state index in [1.807, 2.05) is 20.9 Å². The highest BCUT2D eigenvalue weighted by atomic mass is 32.2. The molecule has 0 fully saturated rings. The number of thiophene rings is 1. The van der Waals surface area contributed by atoms with Gasteiger partial charge in [-0.25, -0.2) is 4.98 Å². The molecular formula is C18H21N5O2S2. The summed E-state index contributed by atoms with van der Waals surface area (Å²) in [5.74, 6) is 0.0483. The lowest BCUT2D eigenvalue weighted by Gasteiger charge is -2.08. The van der Waals surface area contributed by atoms with Gasteiger partial charge in [0.15, 0.2) is 5.16 Å². The van der Waals surface area contributed by atoms with E-state index in [0.29, 0.717) is 5.16 Å². The van der Waals surface area contributed by atoms with E-state index >= 15 is 0 Å². The molecule has 3 aromatic heterocycles. The Bertz CT molecular complexity index is 1130. The zero-order chi connectivity index (χ0) is 19.3. The quantitative estimate of drug-likeness (QED) is 0.535. The van der Waals surface area contributed by atoms with E-state index in [4.69, 9.17) is 0 Å². The van der Waals surface area contributed by atoms with E-state index in [1.54, 1.807) is 27.6 Å². The second-order valence-electron chi connectivity index (χ2n) is 6.80. The predicted molar refractivity (Wildman–Crippen MR) is 109 cm³/mol. The Labute approximate surface area is 164 Å². The molecule has 0 aliphatic heterocycles. The third-order valence-corrected chi connectivity index (χ3v) is 7.23. The zero-order valence-corrected chi connectivity index (χ0v) is 17.4. The number of anilines is 1. The monoisotopic (exact) mass is 403 g/mol. The number of nitrogens with zero attached hydrogens (tertiary/aromatic N) is 4. The van der Waals surface area contributed by atoms with E-state index in [-0.39, 0.29) is 17.2 Å². The Morgan fingerprint density at radius 3 is 2.78 bits per heavy atom. The molecule has 1 aliphatic carbocycles. The lowest BCUT2D eigenvalue weighted by atomic mass is 10.2. The molecule has 0 saturated carbocycles. The van der Waals surface area contributed by atoms with Crippen LogP contribution in [0.2, 0.25) is 0 Å². The Hall–Kier alpha value is -2.13. The van der Waals surface area contributed by atoms with Crippen molar-refractivity contribution in [3.63, 3.8) is 0 Å². The van der Waals surface area contributed by atoms with Gasteiger partial charge in [-0.2, -0.15) is 5.10 Å². The third-order valence-electron chi connectivity index (χ3n) is 5.01. The van der Waals surface area contributed by atoms with Crippen LogP contribution in [0, 0.1) is 13.8 Å². The Balaban J connectivity index is 1.54. The second kappa shape index (κ2) is 6.79. The number of rotatable bonds is 4. The summed E-state index contributed by atoms with van der Waals surface area (Å²) in [6, 6.07) is 0. The average molecular weight is 404 g/mol. The lowest BCUT2D eigenvalue weighted by molar-refractivity contribution is -0.113. The van der Waals surface area contributed by atoms with E-state index in [0.717, 1.165) is 46.6 Å². The summed E-state index contributed by atoms with van der Waals surface area (Å²) in [7, 11) is 3.57. The number of amides is 1. The first-order valence-electron chi connectivity index (χ1n) is 8.81. The summed E-state index contributed by atoms with van der Waals surface area (Å²) in [6.45, 7) is 3.78. The molecule has 9 heteroatoms. The van der Waals surface area contributed by atoms with Gasteiger partial charge in [0.1, 0.15) is 4.83 Å². The number of carbonyl (C=O) groups is 1. The number of hydrogen-bond acceptors (Lipinski definition) is 6. The predicted octanol–water partition coefficient (Wildman–Crippen LogP) is 2.56. The highest BCUT2D eigenvalue weighted by Gasteiger charge is 2.22. The van der Waals surface area contributed by atoms with Crippen molar-refractivity contribution in [1.29, 1.82) is 0 Å². The highest BCUT2D eigenvalue weighted by Crippen LogP contribution is 2.35. The molecular weight excluding hydrogens is 382 g/mol. The fourth-order valence-electron chi connectivity index (χ4n) is 3.49. The second-order valence-corrected chi connectivity index (χ2v) is 8.83. The van der Waals surface area contributed by atoms with Crippen LogP contribution >= 0.6 is 23.1 Å². The van der Waals surface area contributed by atoms with E-state index in [9.17, 15) is 9.59 Å². The first kappa shape index (κ1) is 18.2. The van der Waals surface area contributed by atoms with Crippen molar-refractivity contribution in [3.05, 3.63) is 32.2 Å². The van der Waals surface area contributed by atoms with Crippen molar-refractivity contribution in [2.75, 3.05) is 11.1 Å². The van der Waals surface area contributed by atoms with Gasteiger partial charge in [0, 0.05) is 19.0 Å². The van der Waals surface area contributed by atoms with Gasteiger partial charge < -0.3 is 5.32 Å². The van der Waals surface area contributed by atoms with Crippen LogP contribution in [-0.4, -0.2) is 31.0 Å². The first-order chi connectivity index (χ1) is 12.9. The van der Waals surface area contributed by atoms with Crippen molar-refractivity contribution in [1.82, 2.24) is 19.3 Å². The maximum absolute atomic E-state index is 12.8. The highest BCUT2D eigenvalue weighted by molar-refractivity contribution is 7.99. The molecule has 0 atom stereocenters. The number of thioether (sulfide) groups is 1. The largest absolute Gasteiger partial charge is 0.322 e. The van der Waals surface area contributed by atoms with Crippen molar-refractivity contribution in [3.8, 4) is 0 Å². The topological polar surface area (TPSA) is 81.8 Å². The molecule has 3 heterocycles. The maximum Gasteiger partial charge on any atom is 0.262 e. The smallest absolute Gasteiger partial charge is 0.262 e. The minimum Gasteiger partial charge on any atom is -0.322 e. The molecule has 0 saturated heterocycles. The van der Waals surface area contributed by atoms with Crippen LogP contribution in [-0.2, 0) is 31.7 Å². The van der Waals surface area contributed by atoms with Crippen LogP contribution in [0.15, 0.2) is 9.95 Å². The summed E-state index contributed by atoms with van der Waals surface area (Å²) < 4.78 is 3.31. The molecule has 3 aromatic rings. The van der Waals surface area contributed by atoms with E-state index < -0.39 is 0 Å². The summed E-state index contributed by atoms with van der Waals surface area (Å²) >= 11 is 2.90. The van der Waals surface area contributed by atoms with Crippen molar-refractivity contribution in [2.45, 2.75) is 38.3 Å². The van der Waals surface area contributed by atoms with Gasteiger partial charge in [0.2, 0.25) is 5.91 Å². The minimum atomic E-state index is -0.137. The number of aryl methyl sites for hydroxylation is 4. The summed E-state index contributed by atoms with van der Waals surface area (Å²) in [5, 5.41) is 8.56. The lowest BCUT2D eigenvalue weighted by Crippen LogP contribution is -2.21. The van der Waals surface area contributed by atoms with Gasteiger partial charge in [-0.15, -0.1) is 11.3 Å². The Morgan fingerprint density at radius 2 is 2.07 bits per heavy atom. The average Bonchev–Trinajstić information content (AvgIpc) is 3.26. The molecule has 0 unspecified atom stereocenters. The van der Waals surface area contributed by atoms with Gasteiger partial charge >= 0.3 is 0 Å². The van der Waals surface area contributed by atoms with Gasteiger partial charge in [0.05, 0.1) is 28.2 Å². The number of carbonyl (C=O) groups excluding carboxylic acids is 1. The Morgan fingerprint density at radius 1 is 1.30 bits per heavy atom. The first-order valence-corrected chi connectivity index (χ1v) is 10.6. The van der Waals surface area contributed by atoms with Crippen LogP contribution in [0.25, 0.3) is 10.2 Å². The molecule has 1 aliphatic rings. The fraction of sp³-hybridized carbons (Fsp3) is 0.444. The van der Waals surface area contributed by atoms with Crippen LogP contribution in [0.1, 0.15) is 28.2 Å². The molecule has 4 rings (SSSR count). The number of aromatic nitrogens is 4. The number of nitrogens with one attached hydrogen (secondary N) is 1. The van der Waals surface area contributed by atoms with E-state index in [2.05, 4.69) is 15.4 Å². The molecule has 1 N–H and O–H groups in total. The van der Waals surface area contributed by atoms with Crippen LogP contribution in [0.5, 0.6) is 0 Å². The standard InChI is InChI=1S/C18H21N5O2S2/c1-9-15(10(2)23(4)21-9)19-13(24)8-26-18-20-16-14(17(25)22(18)3)11-6-5-7-12(11)27-16/h5-8H2,1-4H3,(H,19,24). The van der Waals surface area contributed by atoms with E-state index in [1.165, 1.54) is 22.2 Å². The molecule has 0 bridgehead atoms. The van der Waals surface area contributed by atoms with Gasteiger partial charge in [-0.1, -0.05) is 11.8 Å². The molecule has 1 amide bonds. The molecule has 7 nitrogen and oxygen atoms in total. The summed E-state index contributed by atoms with van der Waals surface area (Å²) in [5.41, 5.74) is 3.61. The molecule has 0 radical (unpaired) electrons. The van der Waals surface area contributed by atoms with Gasteiger partial charge in [-0.3, -0.25) is 18.8 Å². The molecule has 0 spiro atoms. The maximum atomic E-state index is 12.8. The Kier molecular flexibility index (Phi) is 4.59. The summed E-state index contributed by atoms with van der Waals surface area (Å²) in [6.07, 6.45) is 3.11. The SMILES string of the molecule is Cc1nn(C)c(C)c1NC(=O)CSc1nc2sc3c(c2c(=O)n1C)CCC3. The summed E-state index contributed by atoms with van der Waals surface area (Å²) in [4.78, 5) is 31.9. The molecule has 0 aromatic carbocycles. The third kappa shape index (κ3) is 3.08. The zero-order valence-electron chi connectivity index (χ0n) is 15.8. The molecule has 142 valence electrons. The van der Waals surface area contributed by atoms with Gasteiger partial charge in [-0.05, 0) is 38.7 Å². The van der Waals surface area contributed by atoms with Gasteiger partial charge in [0.25, 0.3) is 5.56 Å². The van der Waals surface area contributed by atoms with Crippen molar-refractivity contribution in [2.24, 2.45) is 14.1 Å². The van der Waals surface area contributed by atoms with Crippen LogP contribution in [0.4, 0.5) is 5.69 Å². The van der Waals surface area contributed by atoms with Crippen molar-refractivity contribution >= 4 is 44.9 Å². The fourth-order valence-corrected chi connectivity index (χ4v) is 5.57. The number of fused-ring (bicyclic) bond motifs is 3. The normalized spacial score (nSPS) is 13.3. The number of hydrogen-bond donors (Lipinski definition) is 1. The molecule has 27 heavy (non-hydrogen) atoms.